The second-order valence-electron chi connectivity index (χ2n) is 16.5. The molecule has 0 spiro atoms. The molecule has 2 aromatic rings. The number of rotatable bonds is 9. The van der Waals surface area contributed by atoms with E-state index in [4.69, 9.17) is 4.74 Å². The minimum atomic E-state index is -2.66. The van der Waals surface area contributed by atoms with Crippen molar-refractivity contribution in [2.75, 3.05) is 7.11 Å². The van der Waals surface area contributed by atoms with Crippen LogP contribution in [0.1, 0.15) is 94.6 Å². The van der Waals surface area contributed by atoms with Crippen molar-refractivity contribution in [2.45, 2.75) is 91.6 Å². The van der Waals surface area contributed by atoms with Gasteiger partial charge in [0, 0.05) is 41.1 Å². The largest absolute Gasteiger partial charge is 0.511 e. The summed E-state index contributed by atoms with van der Waals surface area (Å²) in [5.74, 6) is -3.70. The van der Waals surface area contributed by atoms with E-state index in [-0.39, 0.29) is 41.4 Å². The lowest BCUT2D eigenvalue weighted by Gasteiger charge is -2.59. The SMILES string of the molecule is C=C(OC)C1CCC(CC(=O)Cc2ccc(-c3ccc(O)c4c3C[C@]3(C)C[C@]5(C)C(C(C)C)C(O)=C(C(C)=O)C(=O)[C@]5(O)C(O)=C3C4=O)cc2)CC1. The van der Waals surface area contributed by atoms with Crippen LogP contribution in [0.25, 0.3) is 11.1 Å². The van der Waals surface area contributed by atoms with E-state index in [0.29, 0.717) is 35.8 Å². The first-order valence-electron chi connectivity index (χ1n) is 18.3. The van der Waals surface area contributed by atoms with E-state index in [1.54, 1.807) is 40.9 Å². The number of phenols is 1. The first kappa shape index (κ1) is 37.3. The van der Waals surface area contributed by atoms with Gasteiger partial charge in [0.05, 0.1) is 18.4 Å². The molecule has 52 heavy (non-hydrogen) atoms. The third-order valence-electron chi connectivity index (χ3n) is 12.6. The molecule has 0 saturated heterocycles. The molecular weight excluding hydrogens is 660 g/mol. The number of hydrogen-bond donors (Lipinski definition) is 4. The summed E-state index contributed by atoms with van der Waals surface area (Å²) in [6.07, 6.45) is 4.93. The minimum Gasteiger partial charge on any atom is -0.511 e. The van der Waals surface area contributed by atoms with Crippen molar-refractivity contribution in [3.63, 3.8) is 0 Å². The lowest BCUT2D eigenvalue weighted by atomic mass is 9.44. The Morgan fingerprint density at radius 1 is 0.981 bits per heavy atom. The van der Waals surface area contributed by atoms with E-state index in [1.165, 1.54) is 6.07 Å². The molecule has 0 heterocycles. The number of aromatic hydroxyl groups is 1. The van der Waals surface area contributed by atoms with Crippen LogP contribution in [-0.4, -0.2) is 56.3 Å². The fourth-order valence-electron chi connectivity index (χ4n) is 10.3. The standard InChI is InChI=1S/C43H50O9/c1-22(2)35-37(47)33(23(3)44)39(49)43(51)40(50)36-38(48)34-31(20-41(36,5)21-42(35,43)6)30(16-17-32(34)46)28-14-10-26(11-15-28)19-29(45)18-25-8-12-27(13-9-25)24(4)52-7/h10-11,14-17,22,25,27,35,46-47,50-51H,4,8-9,12-13,18-21H2,1-3,5-7H3/t25?,27?,35?,41-,42-,43+/m1/s1. The van der Waals surface area contributed by atoms with Crippen LogP contribution in [0.3, 0.4) is 0 Å². The summed E-state index contributed by atoms with van der Waals surface area (Å²) in [5.41, 5.74) is -3.16. The van der Waals surface area contributed by atoms with Crippen molar-refractivity contribution in [3.8, 4) is 16.9 Å². The highest BCUT2D eigenvalue weighted by Crippen LogP contribution is 2.65. The zero-order valence-electron chi connectivity index (χ0n) is 31.0. The topological polar surface area (TPSA) is 158 Å². The van der Waals surface area contributed by atoms with Gasteiger partial charge in [0.2, 0.25) is 5.78 Å². The number of carbonyl (C=O) groups is 4. The first-order chi connectivity index (χ1) is 24.4. The van der Waals surface area contributed by atoms with Gasteiger partial charge in [-0.15, -0.1) is 0 Å². The Labute approximate surface area is 305 Å². The highest BCUT2D eigenvalue weighted by molar-refractivity contribution is 6.25. The van der Waals surface area contributed by atoms with Crippen LogP contribution >= 0.6 is 0 Å². The van der Waals surface area contributed by atoms with E-state index >= 15 is 0 Å². The molecule has 4 aliphatic carbocycles. The number of methoxy groups -OCH3 is 1. The summed E-state index contributed by atoms with van der Waals surface area (Å²) in [7, 11) is 1.65. The summed E-state index contributed by atoms with van der Waals surface area (Å²) in [4.78, 5) is 54.0. The van der Waals surface area contributed by atoms with Gasteiger partial charge in [0.15, 0.2) is 17.2 Å². The van der Waals surface area contributed by atoms with Gasteiger partial charge in [-0.1, -0.05) is 64.6 Å². The van der Waals surface area contributed by atoms with Crippen LogP contribution in [0, 0.1) is 34.5 Å². The second kappa shape index (κ2) is 13.2. The van der Waals surface area contributed by atoms with Crippen LogP contribution in [0.2, 0.25) is 0 Å². The number of ether oxygens (including phenoxy) is 1. The number of carbonyl (C=O) groups excluding carboxylic acids is 4. The summed E-state index contributed by atoms with van der Waals surface area (Å²) >= 11 is 0. The number of allylic oxidation sites excluding steroid dienone is 3. The third-order valence-corrected chi connectivity index (χ3v) is 12.6. The zero-order valence-corrected chi connectivity index (χ0v) is 31.0. The molecule has 0 bridgehead atoms. The Kier molecular flexibility index (Phi) is 9.44. The lowest BCUT2D eigenvalue weighted by molar-refractivity contribution is -0.171. The maximum Gasteiger partial charge on any atom is 0.209 e. The van der Waals surface area contributed by atoms with Crippen molar-refractivity contribution in [2.24, 2.45) is 34.5 Å². The van der Waals surface area contributed by atoms with Gasteiger partial charge in [-0.05, 0) is 85.6 Å². The smallest absolute Gasteiger partial charge is 0.209 e. The summed E-state index contributed by atoms with van der Waals surface area (Å²) in [6.45, 7) is 12.1. The van der Waals surface area contributed by atoms with Crippen molar-refractivity contribution in [1.82, 2.24) is 0 Å². The van der Waals surface area contributed by atoms with Crippen LogP contribution in [0.4, 0.5) is 0 Å². The molecule has 0 radical (unpaired) electrons. The number of benzene rings is 2. The molecule has 4 atom stereocenters. The normalized spacial score (nSPS) is 30.1. The Balaban J connectivity index is 1.32. The van der Waals surface area contributed by atoms with E-state index in [2.05, 4.69) is 6.58 Å². The summed E-state index contributed by atoms with van der Waals surface area (Å²) < 4.78 is 5.31. The average Bonchev–Trinajstić information content (AvgIpc) is 3.06. The molecule has 9 heteroatoms. The highest BCUT2D eigenvalue weighted by Gasteiger charge is 2.71. The summed E-state index contributed by atoms with van der Waals surface area (Å²) in [5, 5.41) is 46.6. The molecule has 9 nitrogen and oxygen atoms in total. The molecule has 6 rings (SSSR count). The minimum absolute atomic E-state index is 0.0177. The van der Waals surface area contributed by atoms with Crippen molar-refractivity contribution >= 4 is 23.1 Å². The van der Waals surface area contributed by atoms with E-state index in [1.807, 2.05) is 24.3 Å². The van der Waals surface area contributed by atoms with Crippen LogP contribution in [0.5, 0.6) is 5.75 Å². The molecule has 0 aliphatic heterocycles. The van der Waals surface area contributed by atoms with Gasteiger partial charge < -0.3 is 25.2 Å². The fourth-order valence-corrected chi connectivity index (χ4v) is 10.3. The van der Waals surface area contributed by atoms with Crippen LogP contribution in [0.15, 0.2) is 71.4 Å². The predicted octanol–water partition coefficient (Wildman–Crippen LogP) is 7.48. The highest BCUT2D eigenvalue weighted by atomic mass is 16.5. The molecule has 0 amide bonds. The van der Waals surface area contributed by atoms with Gasteiger partial charge >= 0.3 is 0 Å². The van der Waals surface area contributed by atoms with E-state index in [0.717, 1.165) is 49.5 Å². The van der Waals surface area contributed by atoms with Gasteiger partial charge in [0.25, 0.3) is 0 Å². The van der Waals surface area contributed by atoms with Crippen LogP contribution < -0.4 is 0 Å². The molecule has 4 aliphatic rings. The number of aliphatic hydroxyl groups is 3. The molecule has 1 saturated carbocycles. The molecule has 2 aromatic carbocycles. The van der Waals surface area contributed by atoms with Crippen LogP contribution in [-0.2, 0) is 32.0 Å². The molecular formula is C43H50O9. The summed E-state index contributed by atoms with van der Waals surface area (Å²) in [6, 6.07) is 10.8. The monoisotopic (exact) mass is 710 g/mol. The third kappa shape index (κ3) is 5.63. The molecule has 0 aromatic heterocycles. The predicted molar refractivity (Wildman–Crippen MR) is 196 cm³/mol. The lowest BCUT2D eigenvalue weighted by Crippen LogP contribution is -2.67. The number of hydrogen-bond acceptors (Lipinski definition) is 9. The van der Waals surface area contributed by atoms with Crippen molar-refractivity contribution in [1.29, 1.82) is 0 Å². The van der Waals surface area contributed by atoms with E-state index < -0.39 is 56.8 Å². The Morgan fingerprint density at radius 2 is 1.62 bits per heavy atom. The number of phenolic OH excluding ortho intramolecular Hbond substituents is 1. The molecule has 276 valence electrons. The fraction of sp³-hybridized carbons (Fsp3) is 0.488. The van der Waals surface area contributed by atoms with Crippen molar-refractivity contribution < 1.29 is 44.3 Å². The molecule has 1 unspecified atom stereocenters. The number of fused-ring (bicyclic) bond motifs is 3. The Hall–Kier alpha value is -4.50. The molecule has 1 fully saturated rings. The number of Topliss-reactive ketones (excluding diaryl/α,β-unsaturated/α-hetero) is 4. The van der Waals surface area contributed by atoms with Gasteiger partial charge in [-0.25, -0.2) is 0 Å². The number of aliphatic hydroxyl groups excluding tert-OH is 2. The Morgan fingerprint density at radius 3 is 2.19 bits per heavy atom. The van der Waals surface area contributed by atoms with Gasteiger partial charge in [-0.2, -0.15) is 0 Å². The maximum absolute atomic E-state index is 14.4. The first-order valence-corrected chi connectivity index (χ1v) is 18.3. The molecule has 4 N–H and O–H groups in total. The Bertz CT molecular complexity index is 1940. The zero-order chi connectivity index (χ0) is 38.1. The second-order valence-corrected chi connectivity index (χ2v) is 16.5. The van der Waals surface area contributed by atoms with Gasteiger partial charge in [-0.3, -0.25) is 19.2 Å². The van der Waals surface area contributed by atoms with E-state index in [9.17, 15) is 39.6 Å². The van der Waals surface area contributed by atoms with Crippen molar-refractivity contribution in [3.05, 3.63) is 88.1 Å². The quantitative estimate of drug-likeness (QED) is 0.153. The number of ketones is 4. The average molecular weight is 711 g/mol. The maximum atomic E-state index is 14.4. The van der Waals surface area contributed by atoms with Gasteiger partial charge in [0.1, 0.15) is 28.6 Å².